The zero-order valence-electron chi connectivity index (χ0n) is 14.4. The molecule has 0 heterocycles. The van der Waals surface area contributed by atoms with Crippen LogP contribution >= 0.6 is 11.6 Å². The van der Waals surface area contributed by atoms with Crippen LogP contribution in [0.25, 0.3) is 6.08 Å². The summed E-state index contributed by atoms with van der Waals surface area (Å²) in [4.78, 5) is 35.6. The number of hydrogen-bond donors (Lipinski definition) is 3. The maximum atomic E-state index is 12.5. The maximum Gasteiger partial charge on any atom is 0.322 e. The molecule has 0 saturated carbocycles. The summed E-state index contributed by atoms with van der Waals surface area (Å²) < 4.78 is 5.23. The third-order valence-corrected chi connectivity index (χ3v) is 3.78. The van der Waals surface area contributed by atoms with E-state index in [1.54, 1.807) is 42.5 Å². The molecular weight excluding hydrogens is 372 g/mol. The van der Waals surface area contributed by atoms with Gasteiger partial charge in [0.1, 0.15) is 18.0 Å². The Labute approximate surface area is 160 Å². The minimum atomic E-state index is -1.21. The van der Waals surface area contributed by atoms with Gasteiger partial charge in [-0.15, -0.1) is 0 Å². The van der Waals surface area contributed by atoms with Crippen LogP contribution < -0.4 is 15.4 Å². The Bertz CT molecular complexity index is 895. The van der Waals surface area contributed by atoms with Crippen molar-refractivity contribution in [2.24, 2.45) is 0 Å². The molecule has 0 aliphatic rings. The van der Waals surface area contributed by atoms with Gasteiger partial charge in [0.25, 0.3) is 11.8 Å². The van der Waals surface area contributed by atoms with Gasteiger partial charge in [0.05, 0.1) is 17.7 Å². The molecule has 0 fully saturated rings. The van der Waals surface area contributed by atoms with E-state index in [1.807, 2.05) is 0 Å². The van der Waals surface area contributed by atoms with E-state index < -0.39 is 24.3 Å². The van der Waals surface area contributed by atoms with Crippen LogP contribution in [0.4, 0.5) is 0 Å². The summed E-state index contributed by atoms with van der Waals surface area (Å²) in [6.07, 6.45) is 1.39. The lowest BCUT2D eigenvalue weighted by molar-refractivity contribution is -0.137. The van der Waals surface area contributed by atoms with E-state index in [2.05, 4.69) is 10.6 Å². The molecule has 0 aromatic heterocycles. The lowest BCUT2D eigenvalue weighted by atomic mass is 10.1. The van der Waals surface area contributed by atoms with Crippen LogP contribution in [0.1, 0.15) is 15.9 Å². The number of aliphatic carboxylic acids is 1. The number of amides is 2. The van der Waals surface area contributed by atoms with Crippen molar-refractivity contribution in [3.63, 3.8) is 0 Å². The lowest BCUT2D eigenvalue weighted by Gasteiger charge is -2.12. The Kier molecular flexibility index (Phi) is 6.96. The summed E-state index contributed by atoms with van der Waals surface area (Å²) >= 11 is 6.01. The van der Waals surface area contributed by atoms with E-state index in [0.29, 0.717) is 11.3 Å². The number of halogens is 1. The highest BCUT2D eigenvalue weighted by atomic mass is 35.5. The summed E-state index contributed by atoms with van der Waals surface area (Å²) in [7, 11) is 1.47. The van der Waals surface area contributed by atoms with Crippen LogP contribution in [0.2, 0.25) is 5.02 Å². The van der Waals surface area contributed by atoms with Gasteiger partial charge in [-0.2, -0.15) is 0 Å². The van der Waals surface area contributed by atoms with Gasteiger partial charge in [0, 0.05) is 5.56 Å². The number of benzene rings is 2. The predicted molar refractivity (Wildman–Crippen MR) is 101 cm³/mol. The fraction of sp³-hybridized carbons (Fsp3) is 0.105. The van der Waals surface area contributed by atoms with E-state index in [0.717, 1.165) is 0 Å². The second kappa shape index (κ2) is 9.40. The first-order valence-electron chi connectivity index (χ1n) is 7.83. The monoisotopic (exact) mass is 388 g/mol. The first-order chi connectivity index (χ1) is 12.9. The molecule has 3 N–H and O–H groups in total. The molecule has 2 amide bonds. The Balaban J connectivity index is 2.36. The van der Waals surface area contributed by atoms with Crippen LogP contribution in [-0.2, 0) is 9.59 Å². The van der Waals surface area contributed by atoms with Gasteiger partial charge in [-0.25, -0.2) is 0 Å². The Hall–Kier alpha value is -3.32. The van der Waals surface area contributed by atoms with E-state index in [1.165, 1.54) is 19.3 Å². The predicted octanol–water partition coefficient (Wildman–Crippen LogP) is 2.32. The summed E-state index contributed by atoms with van der Waals surface area (Å²) in [5.41, 5.74) is 0.557. The van der Waals surface area contributed by atoms with Crippen LogP contribution in [0.15, 0.2) is 54.2 Å². The van der Waals surface area contributed by atoms with Gasteiger partial charge in [0.2, 0.25) is 0 Å². The van der Waals surface area contributed by atoms with E-state index in [-0.39, 0.29) is 16.3 Å². The summed E-state index contributed by atoms with van der Waals surface area (Å²) in [5, 5.41) is 13.7. The van der Waals surface area contributed by atoms with Crippen molar-refractivity contribution in [3.05, 3.63) is 70.4 Å². The molecule has 0 saturated heterocycles. The summed E-state index contributed by atoms with van der Waals surface area (Å²) in [6.45, 7) is -0.593. The molecule has 0 aliphatic heterocycles. The molecule has 2 rings (SSSR count). The van der Waals surface area contributed by atoms with E-state index in [9.17, 15) is 14.4 Å². The summed E-state index contributed by atoms with van der Waals surface area (Å²) in [5.74, 6) is -2.10. The highest BCUT2D eigenvalue weighted by Gasteiger charge is 2.17. The highest BCUT2D eigenvalue weighted by molar-refractivity contribution is 6.34. The first-order valence-corrected chi connectivity index (χ1v) is 8.20. The minimum absolute atomic E-state index is 0.148. The molecule has 2 aromatic carbocycles. The molecule has 0 atom stereocenters. The Morgan fingerprint density at radius 2 is 1.78 bits per heavy atom. The van der Waals surface area contributed by atoms with Crippen molar-refractivity contribution < 1.29 is 24.2 Å². The SMILES string of the molecule is COc1ccccc1C=C(NC(=O)c1ccccc1Cl)C(=O)NCC(=O)O. The fourth-order valence-electron chi connectivity index (χ4n) is 2.19. The van der Waals surface area contributed by atoms with Gasteiger partial charge in [-0.05, 0) is 24.3 Å². The van der Waals surface area contributed by atoms with Crippen LogP contribution in [0, 0.1) is 0 Å². The molecule has 0 aliphatic carbocycles. The molecule has 27 heavy (non-hydrogen) atoms. The largest absolute Gasteiger partial charge is 0.496 e. The number of carbonyl (C=O) groups is 3. The topological polar surface area (TPSA) is 105 Å². The lowest BCUT2D eigenvalue weighted by Crippen LogP contribution is -2.37. The van der Waals surface area contributed by atoms with Gasteiger partial charge in [-0.1, -0.05) is 41.9 Å². The average Bonchev–Trinajstić information content (AvgIpc) is 2.66. The van der Waals surface area contributed by atoms with Crippen LogP contribution in [0.5, 0.6) is 5.75 Å². The van der Waals surface area contributed by atoms with E-state index >= 15 is 0 Å². The number of carbonyl (C=O) groups excluding carboxylic acids is 2. The second-order valence-electron chi connectivity index (χ2n) is 5.31. The van der Waals surface area contributed by atoms with E-state index in [4.69, 9.17) is 21.4 Å². The second-order valence-corrected chi connectivity index (χ2v) is 5.72. The third kappa shape index (κ3) is 5.58. The average molecular weight is 389 g/mol. The fourth-order valence-corrected chi connectivity index (χ4v) is 2.41. The number of hydrogen-bond acceptors (Lipinski definition) is 4. The van der Waals surface area contributed by atoms with Crippen LogP contribution in [-0.4, -0.2) is 36.5 Å². The van der Waals surface area contributed by atoms with Gasteiger partial charge < -0.3 is 20.5 Å². The van der Waals surface area contributed by atoms with Crippen molar-refractivity contribution in [2.45, 2.75) is 0 Å². The molecule has 0 unspecified atom stereocenters. The van der Waals surface area contributed by atoms with Crippen LogP contribution in [0.3, 0.4) is 0 Å². The number of rotatable bonds is 7. The number of carboxylic acids is 1. The molecule has 0 bridgehead atoms. The molecule has 0 spiro atoms. The Morgan fingerprint density at radius 3 is 2.44 bits per heavy atom. The molecule has 7 nitrogen and oxygen atoms in total. The number of nitrogens with one attached hydrogen (secondary N) is 2. The smallest absolute Gasteiger partial charge is 0.322 e. The zero-order valence-corrected chi connectivity index (χ0v) is 15.1. The van der Waals surface area contributed by atoms with Gasteiger partial charge >= 0.3 is 5.97 Å². The minimum Gasteiger partial charge on any atom is -0.496 e. The van der Waals surface area contributed by atoms with Crippen molar-refractivity contribution in [1.82, 2.24) is 10.6 Å². The van der Waals surface area contributed by atoms with Gasteiger partial charge in [-0.3, -0.25) is 14.4 Å². The van der Waals surface area contributed by atoms with Gasteiger partial charge in [0.15, 0.2) is 0 Å². The van der Waals surface area contributed by atoms with Crippen molar-refractivity contribution in [3.8, 4) is 5.75 Å². The van der Waals surface area contributed by atoms with Crippen molar-refractivity contribution in [2.75, 3.05) is 13.7 Å². The molecule has 8 heteroatoms. The normalized spacial score (nSPS) is 10.8. The third-order valence-electron chi connectivity index (χ3n) is 3.45. The molecular formula is C19H17ClN2O5. The number of carboxylic acid groups (broad SMARTS) is 1. The quantitative estimate of drug-likeness (QED) is 0.631. The number of ether oxygens (including phenoxy) is 1. The number of methoxy groups -OCH3 is 1. The Morgan fingerprint density at radius 1 is 1.11 bits per heavy atom. The highest BCUT2D eigenvalue weighted by Crippen LogP contribution is 2.20. The zero-order chi connectivity index (χ0) is 19.8. The summed E-state index contributed by atoms with van der Waals surface area (Å²) in [6, 6.07) is 13.2. The first kappa shape index (κ1) is 20.0. The number of para-hydroxylation sites is 1. The van der Waals surface area contributed by atoms with Crippen molar-refractivity contribution >= 4 is 35.5 Å². The molecule has 2 aromatic rings. The standard InChI is InChI=1S/C19H17ClN2O5/c1-27-16-9-5-2-6-12(16)10-15(19(26)21-11-17(23)24)22-18(25)13-7-3-4-8-14(13)20/h2-10H,11H2,1H3,(H,21,26)(H,22,25)(H,23,24). The maximum absolute atomic E-state index is 12.5. The molecule has 0 radical (unpaired) electrons. The molecule has 140 valence electrons. The van der Waals surface area contributed by atoms with Crippen molar-refractivity contribution in [1.29, 1.82) is 0 Å².